The number of anilines is 1. The van der Waals surface area contributed by atoms with E-state index in [4.69, 9.17) is 0 Å². The van der Waals surface area contributed by atoms with E-state index in [1.54, 1.807) is 16.7 Å². The van der Waals surface area contributed by atoms with Gasteiger partial charge < -0.3 is 20.6 Å². The maximum atomic E-state index is 14.4. The SMILES string of the molecule is CCCCCNC(=O)C1N([C@H](CO)c2ccccc2)C(=O)[C@@H]2[C@@H](C(=O)Nc3ccccc3)[C@H]3CC(C)C12S3. The van der Waals surface area contributed by atoms with E-state index >= 15 is 0 Å². The number of para-hydroxylation sites is 1. The van der Waals surface area contributed by atoms with Crippen LogP contribution < -0.4 is 10.6 Å². The lowest BCUT2D eigenvalue weighted by molar-refractivity contribution is -0.142. The Morgan fingerprint density at radius 2 is 1.76 bits per heavy atom. The monoisotopic (exact) mass is 535 g/mol. The van der Waals surface area contributed by atoms with E-state index in [1.165, 1.54) is 0 Å². The summed E-state index contributed by atoms with van der Waals surface area (Å²) in [5.41, 5.74) is 1.47. The van der Waals surface area contributed by atoms with Gasteiger partial charge in [-0.1, -0.05) is 75.2 Å². The van der Waals surface area contributed by atoms with Crippen LogP contribution in [0.4, 0.5) is 5.69 Å². The summed E-state index contributed by atoms with van der Waals surface area (Å²) < 4.78 is -0.725. The highest BCUT2D eigenvalue weighted by atomic mass is 32.2. The summed E-state index contributed by atoms with van der Waals surface area (Å²) in [6, 6.07) is 17.2. The van der Waals surface area contributed by atoms with Crippen molar-refractivity contribution in [1.29, 1.82) is 0 Å². The first-order valence-electron chi connectivity index (χ1n) is 13.7. The summed E-state index contributed by atoms with van der Waals surface area (Å²) in [5.74, 6) is -1.68. The topological polar surface area (TPSA) is 98.7 Å². The number of nitrogens with one attached hydrogen (secondary N) is 2. The van der Waals surface area contributed by atoms with Crippen LogP contribution in [-0.4, -0.2) is 56.9 Å². The number of fused-ring (bicyclic) bond motifs is 1. The lowest BCUT2D eigenvalue weighted by Gasteiger charge is -2.40. The molecule has 3 heterocycles. The van der Waals surface area contributed by atoms with Crippen LogP contribution in [-0.2, 0) is 14.4 Å². The molecule has 7 nitrogen and oxygen atoms in total. The molecule has 2 aromatic carbocycles. The number of benzene rings is 2. The number of carbonyl (C=O) groups is 3. The maximum Gasteiger partial charge on any atom is 0.244 e. The number of unbranched alkanes of at least 4 members (excludes halogenated alkanes) is 2. The quantitative estimate of drug-likeness (QED) is 0.400. The van der Waals surface area contributed by atoms with Crippen molar-refractivity contribution < 1.29 is 19.5 Å². The predicted molar refractivity (Wildman–Crippen MR) is 149 cm³/mol. The molecule has 0 aromatic heterocycles. The number of likely N-dealkylation sites (tertiary alicyclic amines) is 1. The molecule has 1 spiro atoms. The van der Waals surface area contributed by atoms with E-state index < -0.39 is 28.7 Å². The van der Waals surface area contributed by atoms with Crippen LogP contribution in [0.2, 0.25) is 0 Å². The lowest BCUT2D eigenvalue weighted by atomic mass is 9.66. The van der Waals surface area contributed by atoms with Crippen LogP contribution in [0.25, 0.3) is 0 Å². The molecule has 2 aromatic rings. The number of hydrogen-bond acceptors (Lipinski definition) is 5. The highest BCUT2D eigenvalue weighted by molar-refractivity contribution is 8.02. The van der Waals surface area contributed by atoms with E-state index in [0.717, 1.165) is 31.2 Å². The first-order valence-corrected chi connectivity index (χ1v) is 14.6. The van der Waals surface area contributed by atoms with E-state index in [2.05, 4.69) is 24.5 Å². The Hall–Kier alpha value is -2.84. The number of rotatable bonds is 10. The number of aliphatic hydroxyl groups excluding tert-OH is 1. The van der Waals surface area contributed by atoms with Crippen LogP contribution in [0, 0.1) is 17.8 Å². The second kappa shape index (κ2) is 11.1. The van der Waals surface area contributed by atoms with Crippen molar-refractivity contribution >= 4 is 35.2 Å². The highest BCUT2D eigenvalue weighted by Gasteiger charge is 2.76. The van der Waals surface area contributed by atoms with Gasteiger partial charge in [-0.25, -0.2) is 0 Å². The Bertz CT molecular complexity index is 1160. The van der Waals surface area contributed by atoms with Gasteiger partial charge in [-0.3, -0.25) is 14.4 Å². The molecule has 3 amide bonds. The third kappa shape index (κ3) is 4.41. The van der Waals surface area contributed by atoms with Crippen molar-refractivity contribution in [3.05, 3.63) is 66.2 Å². The van der Waals surface area contributed by atoms with Gasteiger partial charge in [0.05, 0.1) is 29.2 Å². The number of nitrogens with zero attached hydrogens (tertiary/aromatic N) is 1. The van der Waals surface area contributed by atoms with E-state index in [9.17, 15) is 19.5 Å². The summed E-state index contributed by atoms with van der Waals surface area (Å²) in [4.78, 5) is 43.6. The number of amides is 3. The molecule has 3 N–H and O–H groups in total. The van der Waals surface area contributed by atoms with Gasteiger partial charge in [0.15, 0.2) is 0 Å². The van der Waals surface area contributed by atoms with Crippen LogP contribution >= 0.6 is 11.8 Å². The van der Waals surface area contributed by atoms with Crippen molar-refractivity contribution in [3.63, 3.8) is 0 Å². The van der Waals surface area contributed by atoms with Crippen molar-refractivity contribution in [2.24, 2.45) is 17.8 Å². The fraction of sp³-hybridized carbons (Fsp3) is 0.500. The molecular formula is C30H37N3O4S. The van der Waals surface area contributed by atoms with Crippen molar-refractivity contribution in [2.75, 3.05) is 18.5 Å². The van der Waals surface area contributed by atoms with E-state index in [-0.39, 0.29) is 35.5 Å². The Morgan fingerprint density at radius 1 is 1.08 bits per heavy atom. The van der Waals surface area contributed by atoms with Gasteiger partial charge in [0.25, 0.3) is 0 Å². The summed E-state index contributed by atoms with van der Waals surface area (Å²) in [6.07, 6.45) is 3.70. The molecule has 0 aliphatic carbocycles. The fourth-order valence-electron chi connectivity index (χ4n) is 6.85. The molecule has 3 saturated heterocycles. The molecular weight excluding hydrogens is 498 g/mol. The van der Waals surface area contributed by atoms with Crippen molar-refractivity contribution in [3.8, 4) is 0 Å². The summed E-state index contributed by atoms with van der Waals surface area (Å²) in [6.45, 7) is 4.46. The molecule has 2 bridgehead atoms. The normalized spacial score (nSPS) is 30.2. The first-order chi connectivity index (χ1) is 18.4. The average Bonchev–Trinajstić information content (AvgIpc) is 3.52. The molecule has 3 aliphatic heterocycles. The van der Waals surface area contributed by atoms with Gasteiger partial charge in [-0.15, -0.1) is 11.8 Å². The zero-order valence-corrected chi connectivity index (χ0v) is 22.8. The molecule has 3 aliphatic rings. The molecule has 202 valence electrons. The minimum Gasteiger partial charge on any atom is -0.394 e. The number of aliphatic hydroxyl groups is 1. The fourth-order valence-corrected chi connectivity index (χ4v) is 9.26. The molecule has 3 fully saturated rings. The summed E-state index contributed by atoms with van der Waals surface area (Å²) in [7, 11) is 0. The van der Waals surface area contributed by atoms with E-state index in [0.29, 0.717) is 12.2 Å². The summed E-state index contributed by atoms with van der Waals surface area (Å²) >= 11 is 1.65. The Balaban J connectivity index is 1.53. The molecule has 7 atom stereocenters. The lowest BCUT2D eigenvalue weighted by Crippen LogP contribution is -2.57. The highest BCUT2D eigenvalue weighted by Crippen LogP contribution is 2.69. The average molecular weight is 536 g/mol. The second-order valence-electron chi connectivity index (χ2n) is 10.8. The second-order valence-corrected chi connectivity index (χ2v) is 12.3. The molecule has 0 radical (unpaired) electrons. The Morgan fingerprint density at radius 3 is 2.42 bits per heavy atom. The molecule has 38 heavy (non-hydrogen) atoms. The zero-order chi connectivity index (χ0) is 26.9. The van der Waals surface area contributed by atoms with Gasteiger partial charge in [-0.2, -0.15) is 0 Å². The van der Waals surface area contributed by atoms with Crippen molar-refractivity contribution in [2.45, 2.75) is 61.6 Å². The first kappa shape index (κ1) is 26.8. The number of hydrogen-bond donors (Lipinski definition) is 3. The molecule has 3 unspecified atom stereocenters. The van der Waals surface area contributed by atoms with E-state index in [1.807, 2.05) is 60.7 Å². The third-order valence-electron chi connectivity index (χ3n) is 8.55. The molecule has 0 saturated carbocycles. The van der Waals surface area contributed by atoms with Gasteiger partial charge in [-0.05, 0) is 36.5 Å². The smallest absolute Gasteiger partial charge is 0.244 e. The van der Waals surface area contributed by atoms with Gasteiger partial charge in [0, 0.05) is 17.5 Å². The van der Waals surface area contributed by atoms with Gasteiger partial charge >= 0.3 is 0 Å². The summed E-state index contributed by atoms with van der Waals surface area (Å²) in [5, 5.41) is 16.6. The Labute approximate surface area is 228 Å². The third-order valence-corrected chi connectivity index (χ3v) is 10.6. The predicted octanol–water partition coefficient (Wildman–Crippen LogP) is 4.00. The number of thioether (sulfide) groups is 1. The largest absolute Gasteiger partial charge is 0.394 e. The van der Waals surface area contributed by atoms with Crippen molar-refractivity contribution in [1.82, 2.24) is 10.2 Å². The van der Waals surface area contributed by atoms with Crippen LogP contribution in [0.1, 0.15) is 51.1 Å². The van der Waals surface area contributed by atoms with Gasteiger partial charge in [0.1, 0.15) is 6.04 Å². The zero-order valence-electron chi connectivity index (χ0n) is 22.0. The molecule has 8 heteroatoms. The minimum atomic E-state index is -0.765. The maximum absolute atomic E-state index is 14.4. The van der Waals surface area contributed by atoms with Gasteiger partial charge in [0.2, 0.25) is 17.7 Å². The number of carbonyl (C=O) groups excluding carboxylic acids is 3. The Kier molecular flexibility index (Phi) is 7.82. The van der Waals surface area contributed by atoms with Crippen LogP contribution in [0.15, 0.2) is 60.7 Å². The van der Waals surface area contributed by atoms with Crippen LogP contribution in [0.5, 0.6) is 0 Å². The molecule has 5 rings (SSSR count). The minimum absolute atomic E-state index is 0.0375. The standard InChI is InChI=1S/C30H37N3O4S/c1-3-4-11-16-31-28(36)26-30-19(2)17-23(38-30)24(27(35)32-21-14-9-6-10-15-21)25(30)29(37)33(26)22(18-34)20-12-7-5-8-13-20/h5-10,12-15,19,22-26,34H,3-4,11,16-18H2,1-2H3,(H,31,36)(H,32,35)/t19?,22-,23-,24+,25+,26?,30?/m1/s1. The van der Waals surface area contributed by atoms with Crippen LogP contribution in [0.3, 0.4) is 0 Å².